The molecule has 2 atom stereocenters. The highest BCUT2D eigenvalue weighted by Gasteiger charge is 2.35. The lowest BCUT2D eigenvalue weighted by Gasteiger charge is -2.45. The third kappa shape index (κ3) is 4.09. The third-order valence-corrected chi connectivity index (χ3v) is 4.73. The van der Waals surface area contributed by atoms with Gasteiger partial charge in [-0.3, -0.25) is 9.69 Å². The van der Waals surface area contributed by atoms with Gasteiger partial charge in [-0.1, -0.05) is 32.9 Å². The molecule has 0 spiro atoms. The van der Waals surface area contributed by atoms with Gasteiger partial charge in [-0.15, -0.1) is 0 Å². The van der Waals surface area contributed by atoms with Crippen LogP contribution in [0.5, 0.6) is 0 Å². The minimum Gasteiger partial charge on any atom is -0.361 e. The molecule has 0 aliphatic heterocycles. The molecule has 0 saturated carbocycles. The van der Waals surface area contributed by atoms with Crippen LogP contribution in [0.4, 0.5) is 0 Å². The van der Waals surface area contributed by atoms with Gasteiger partial charge in [0.1, 0.15) is 5.76 Å². The van der Waals surface area contributed by atoms with Gasteiger partial charge in [-0.25, -0.2) is 0 Å². The van der Waals surface area contributed by atoms with Crippen LogP contribution >= 0.6 is 0 Å². The summed E-state index contributed by atoms with van der Waals surface area (Å²) in [6.45, 7) is 14.8. The summed E-state index contributed by atoms with van der Waals surface area (Å²) >= 11 is 0. The van der Waals surface area contributed by atoms with Crippen LogP contribution in [0.25, 0.3) is 0 Å². The summed E-state index contributed by atoms with van der Waals surface area (Å²) < 4.78 is 5.11. The predicted molar refractivity (Wildman–Crippen MR) is 89.0 cm³/mol. The molecular weight excluding hydrogens is 278 g/mol. The van der Waals surface area contributed by atoms with E-state index in [0.717, 1.165) is 38.1 Å². The number of rotatable bonds is 9. The van der Waals surface area contributed by atoms with Crippen molar-refractivity contribution in [1.82, 2.24) is 15.4 Å². The van der Waals surface area contributed by atoms with Gasteiger partial charge in [0.25, 0.3) is 5.91 Å². The maximum atomic E-state index is 12.4. The molecule has 0 bridgehead atoms. The van der Waals surface area contributed by atoms with Gasteiger partial charge in [0.2, 0.25) is 0 Å². The lowest BCUT2D eigenvalue weighted by molar-refractivity contribution is 0.0617. The average molecular weight is 309 g/mol. The summed E-state index contributed by atoms with van der Waals surface area (Å²) in [7, 11) is 0. The summed E-state index contributed by atoms with van der Waals surface area (Å²) in [6.07, 6.45) is 2.82. The minimum absolute atomic E-state index is 0.0262. The molecular formula is C17H31N3O2. The standard InChI is InChI=1S/C17H31N3O2/c1-7-11-20(10-4)17(6,9-3)13(5)18-16(21)15-12-14(8-2)22-19-15/h12-13H,7-11H2,1-6H3,(H,18,21). The SMILES string of the molecule is CCCN(CC)C(C)(CC)C(C)NC(=O)c1cc(CC)on1. The van der Waals surface area contributed by atoms with Crippen molar-refractivity contribution in [2.75, 3.05) is 13.1 Å². The number of nitrogens with one attached hydrogen (secondary N) is 1. The summed E-state index contributed by atoms with van der Waals surface area (Å²) in [5.74, 6) is 0.570. The fourth-order valence-corrected chi connectivity index (χ4v) is 2.86. The highest BCUT2D eigenvalue weighted by molar-refractivity contribution is 5.92. The monoisotopic (exact) mass is 309 g/mol. The second-order valence-corrected chi connectivity index (χ2v) is 6.02. The zero-order valence-corrected chi connectivity index (χ0v) is 14.9. The molecule has 0 aromatic carbocycles. The van der Waals surface area contributed by atoms with Gasteiger partial charge in [0.05, 0.1) is 0 Å². The second kappa shape index (κ2) is 8.32. The summed E-state index contributed by atoms with van der Waals surface area (Å²) in [5, 5.41) is 6.94. The molecule has 1 amide bonds. The quantitative estimate of drug-likeness (QED) is 0.760. The Hall–Kier alpha value is -1.36. The smallest absolute Gasteiger partial charge is 0.273 e. The van der Waals surface area contributed by atoms with Crippen LogP contribution < -0.4 is 5.32 Å². The van der Waals surface area contributed by atoms with E-state index in [1.54, 1.807) is 6.07 Å². The van der Waals surface area contributed by atoms with Gasteiger partial charge < -0.3 is 9.84 Å². The molecule has 1 aromatic heterocycles. The molecule has 126 valence electrons. The van der Waals surface area contributed by atoms with Crippen molar-refractivity contribution in [1.29, 1.82) is 0 Å². The summed E-state index contributed by atoms with van der Waals surface area (Å²) in [5.41, 5.74) is 0.290. The van der Waals surface area contributed by atoms with Crippen molar-refractivity contribution in [3.8, 4) is 0 Å². The fourth-order valence-electron chi connectivity index (χ4n) is 2.86. The first-order valence-corrected chi connectivity index (χ1v) is 8.44. The van der Waals surface area contributed by atoms with Crippen molar-refractivity contribution >= 4 is 5.91 Å². The van der Waals surface area contributed by atoms with Crippen LogP contribution in [0.2, 0.25) is 0 Å². The molecule has 22 heavy (non-hydrogen) atoms. The molecule has 1 heterocycles. The number of likely N-dealkylation sites (N-methyl/N-ethyl adjacent to an activating group) is 1. The normalized spacial score (nSPS) is 15.6. The van der Waals surface area contributed by atoms with Crippen molar-refractivity contribution in [2.24, 2.45) is 0 Å². The molecule has 1 rings (SSSR count). The van der Waals surface area contributed by atoms with Crippen LogP contribution in [0, 0.1) is 0 Å². The molecule has 5 nitrogen and oxygen atoms in total. The molecule has 0 radical (unpaired) electrons. The Kier molecular flexibility index (Phi) is 7.07. The number of hydrogen-bond donors (Lipinski definition) is 1. The van der Waals surface area contributed by atoms with Crippen molar-refractivity contribution < 1.29 is 9.32 Å². The first kappa shape index (κ1) is 18.7. The molecule has 5 heteroatoms. The van der Waals surface area contributed by atoms with E-state index in [1.165, 1.54) is 0 Å². The first-order chi connectivity index (χ1) is 10.4. The van der Waals surface area contributed by atoms with Crippen molar-refractivity contribution in [2.45, 2.75) is 72.4 Å². The van der Waals surface area contributed by atoms with Crippen LogP contribution in [0.3, 0.4) is 0 Å². The maximum absolute atomic E-state index is 12.4. The number of nitrogens with zero attached hydrogens (tertiary/aromatic N) is 2. The van der Waals surface area contributed by atoms with E-state index in [4.69, 9.17) is 4.52 Å². The summed E-state index contributed by atoms with van der Waals surface area (Å²) in [4.78, 5) is 14.8. The lowest BCUT2D eigenvalue weighted by Crippen LogP contribution is -2.59. The van der Waals surface area contributed by atoms with Gasteiger partial charge in [-0.05, 0) is 39.8 Å². The average Bonchev–Trinajstić information content (AvgIpc) is 3.00. The summed E-state index contributed by atoms with van der Waals surface area (Å²) in [6, 6.07) is 1.74. The molecule has 0 fully saturated rings. The van der Waals surface area contributed by atoms with E-state index in [1.807, 2.05) is 6.92 Å². The van der Waals surface area contributed by atoms with Gasteiger partial charge >= 0.3 is 0 Å². The zero-order chi connectivity index (χ0) is 16.8. The highest BCUT2D eigenvalue weighted by atomic mass is 16.5. The topological polar surface area (TPSA) is 58.4 Å². The van der Waals surface area contributed by atoms with Crippen LogP contribution in [0.1, 0.15) is 70.6 Å². The van der Waals surface area contributed by atoms with Gasteiger partial charge in [-0.2, -0.15) is 0 Å². The third-order valence-electron chi connectivity index (χ3n) is 4.73. The highest BCUT2D eigenvalue weighted by Crippen LogP contribution is 2.24. The van der Waals surface area contributed by atoms with E-state index in [9.17, 15) is 4.79 Å². The number of hydrogen-bond acceptors (Lipinski definition) is 4. The molecule has 0 aliphatic rings. The van der Waals surface area contributed by atoms with Gasteiger partial charge in [0.15, 0.2) is 5.69 Å². The molecule has 0 aliphatic carbocycles. The Labute approximate surface area is 134 Å². The van der Waals surface area contributed by atoms with E-state index in [0.29, 0.717) is 5.69 Å². The molecule has 0 saturated heterocycles. The Morgan fingerprint density at radius 2 is 2.09 bits per heavy atom. The van der Waals surface area contributed by atoms with E-state index in [-0.39, 0.29) is 17.5 Å². The largest absolute Gasteiger partial charge is 0.361 e. The van der Waals surface area contributed by atoms with E-state index < -0.39 is 0 Å². The zero-order valence-electron chi connectivity index (χ0n) is 14.9. The van der Waals surface area contributed by atoms with E-state index >= 15 is 0 Å². The number of aromatic nitrogens is 1. The lowest BCUT2D eigenvalue weighted by atomic mass is 9.87. The second-order valence-electron chi connectivity index (χ2n) is 6.02. The minimum atomic E-state index is -0.164. The van der Waals surface area contributed by atoms with Crippen LogP contribution in [-0.2, 0) is 6.42 Å². The van der Waals surface area contributed by atoms with E-state index in [2.05, 4.69) is 50.0 Å². The fraction of sp³-hybridized carbons (Fsp3) is 0.765. The van der Waals surface area contributed by atoms with Gasteiger partial charge in [0, 0.05) is 24.1 Å². The number of amides is 1. The Balaban J connectivity index is 2.82. The number of carbonyl (C=O) groups excluding carboxylic acids is 1. The predicted octanol–water partition coefficient (Wildman–Crippen LogP) is 3.26. The first-order valence-electron chi connectivity index (χ1n) is 8.44. The molecule has 2 unspecified atom stereocenters. The Bertz CT molecular complexity index is 472. The maximum Gasteiger partial charge on any atom is 0.273 e. The molecule has 1 N–H and O–H groups in total. The number of aryl methyl sites for hydroxylation is 1. The Morgan fingerprint density at radius 3 is 2.55 bits per heavy atom. The Morgan fingerprint density at radius 1 is 1.41 bits per heavy atom. The van der Waals surface area contributed by atoms with Crippen LogP contribution in [-0.4, -0.2) is 40.6 Å². The van der Waals surface area contributed by atoms with Crippen molar-refractivity contribution in [3.63, 3.8) is 0 Å². The number of carbonyl (C=O) groups is 1. The van der Waals surface area contributed by atoms with Crippen LogP contribution in [0.15, 0.2) is 10.6 Å². The van der Waals surface area contributed by atoms with Crippen molar-refractivity contribution in [3.05, 3.63) is 17.5 Å². The molecule has 1 aromatic rings.